The van der Waals surface area contributed by atoms with Crippen LogP contribution in [0.5, 0.6) is 5.75 Å². The monoisotopic (exact) mass is 203 g/mol. The van der Waals surface area contributed by atoms with Gasteiger partial charge in [0, 0.05) is 24.4 Å². The van der Waals surface area contributed by atoms with Crippen LogP contribution < -0.4 is 0 Å². The predicted molar refractivity (Wildman–Crippen MR) is 55.1 cm³/mol. The highest BCUT2D eigenvalue weighted by Gasteiger charge is 2.03. The molecular weight excluding hydrogens is 193 g/mol. The molecule has 1 N–H and O–H groups in total. The molecule has 0 saturated carbocycles. The van der Waals surface area contributed by atoms with Crippen LogP contribution in [0.2, 0.25) is 0 Å². The van der Waals surface area contributed by atoms with Crippen molar-refractivity contribution in [1.82, 2.24) is 4.98 Å². The largest absolute Gasteiger partial charge is 0.508 e. The van der Waals surface area contributed by atoms with Gasteiger partial charge in [0.05, 0.1) is 0 Å². The number of pyridine rings is 1. The SMILES string of the molecule is Oc1ccc(F)cc1Cc1cccnc1. The van der Waals surface area contributed by atoms with Gasteiger partial charge in [0.2, 0.25) is 0 Å². The van der Waals surface area contributed by atoms with Crippen molar-refractivity contribution in [2.24, 2.45) is 0 Å². The summed E-state index contributed by atoms with van der Waals surface area (Å²) in [7, 11) is 0. The van der Waals surface area contributed by atoms with Crippen molar-refractivity contribution in [2.75, 3.05) is 0 Å². The van der Waals surface area contributed by atoms with Crippen LogP contribution in [0.3, 0.4) is 0 Å². The van der Waals surface area contributed by atoms with Crippen LogP contribution in [0.1, 0.15) is 11.1 Å². The zero-order valence-corrected chi connectivity index (χ0v) is 8.02. The first kappa shape index (κ1) is 9.65. The van der Waals surface area contributed by atoms with Gasteiger partial charge >= 0.3 is 0 Å². The number of halogens is 1. The van der Waals surface area contributed by atoms with E-state index in [1.807, 2.05) is 12.1 Å². The first-order valence-corrected chi connectivity index (χ1v) is 4.62. The third-order valence-corrected chi connectivity index (χ3v) is 2.16. The number of benzene rings is 1. The maximum absolute atomic E-state index is 12.9. The minimum absolute atomic E-state index is 0.111. The second-order valence-electron chi connectivity index (χ2n) is 3.31. The zero-order chi connectivity index (χ0) is 10.7. The maximum Gasteiger partial charge on any atom is 0.123 e. The predicted octanol–water partition coefficient (Wildman–Crippen LogP) is 2.52. The molecular formula is C12H10FNO. The number of nitrogens with zero attached hydrogens (tertiary/aromatic N) is 1. The summed E-state index contributed by atoms with van der Waals surface area (Å²) in [4.78, 5) is 3.96. The van der Waals surface area contributed by atoms with Crippen LogP contribution in [0.25, 0.3) is 0 Å². The van der Waals surface area contributed by atoms with E-state index in [0.717, 1.165) is 5.56 Å². The van der Waals surface area contributed by atoms with Gasteiger partial charge < -0.3 is 5.11 Å². The molecule has 0 fully saturated rings. The van der Waals surface area contributed by atoms with Gasteiger partial charge in [0.25, 0.3) is 0 Å². The summed E-state index contributed by atoms with van der Waals surface area (Å²) in [5.74, 6) is -0.230. The molecule has 76 valence electrons. The second kappa shape index (κ2) is 4.09. The summed E-state index contributed by atoms with van der Waals surface area (Å²) in [6, 6.07) is 7.63. The van der Waals surface area contributed by atoms with E-state index in [-0.39, 0.29) is 11.6 Å². The van der Waals surface area contributed by atoms with Crippen molar-refractivity contribution in [1.29, 1.82) is 0 Å². The van der Waals surface area contributed by atoms with E-state index in [1.165, 1.54) is 18.2 Å². The molecule has 0 aliphatic heterocycles. The number of aromatic nitrogens is 1. The molecule has 2 aromatic rings. The smallest absolute Gasteiger partial charge is 0.123 e. The van der Waals surface area contributed by atoms with Crippen molar-refractivity contribution < 1.29 is 9.50 Å². The molecule has 3 heteroatoms. The lowest BCUT2D eigenvalue weighted by Gasteiger charge is -2.04. The van der Waals surface area contributed by atoms with Crippen LogP contribution in [-0.2, 0) is 6.42 Å². The van der Waals surface area contributed by atoms with E-state index < -0.39 is 0 Å². The first-order chi connectivity index (χ1) is 7.25. The average Bonchev–Trinajstić information content (AvgIpc) is 2.25. The van der Waals surface area contributed by atoms with E-state index in [0.29, 0.717) is 12.0 Å². The molecule has 0 bridgehead atoms. The molecule has 0 aliphatic rings. The van der Waals surface area contributed by atoms with Gasteiger partial charge in [0.15, 0.2) is 0 Å². The van der Waals surface area contributed by atoms with Crippen LogP contribution in [-0.4, -0.2) is 10.1 Å². The summed E-state index contributed by atoms with van der Waals surface area (Å²) in [6.45, 7) is 0. The molecule has 1 aromatic carbocycles. The van der Waals surface area contributed by atoms with Crippen molar-refractivity contribution in [3.63, 3.8) is 0 Å². The lowest BCUT2D eigenvalue weighted by molar-refractivity contribution is 0.467. The van der Waals surface area contributed by atoms with Crippen molar-refractivity contribution in [2.45, 2.75) is 6.42 Å². The van der Waals surface area contributed by atoms with Crippen LogP contribution in [0.4, 0.5) is 4.39 Å². The number of hydrogen-bond donors (Lipinski definition) is 1. The number of phenolic OH excluding ortho intramolecular Hbond substituents is 1. The minimum Gasteiger partial charge on any atom is -0.508 e. The Hall–Kier alpha value is -1.90. The van der Waals surface area contributed by atoms with Gasteiger partial charge in [-0.1, -0.05) is 6.07 Å². The Morgan fingerprint density at radius 3 is 2.87 bits per heavy atom. The fourth-order valence-electron chi connectivity index (χ4n) is 1.42. The highest BCUT2D eigenvalue weighted by Crippen LogP contribution is 2.20. The topological polar surface area (TPSA) is 33.1 Å². The van der Waals surface area contributed by atoms with E-state index in [9.17, 15) is 9.50 Å². The highest BCUT2D eigenvalue weighted by atomic mass is 19.1. The number of hydrogen-bond acceptors (Lipinski definition) is 2. The van der Waals surface area contributed by atoms with Gasteiger partial charge in [0.1, 0.15) is 11.6 Å². The van der Waals surface area contributed by atoms with E-state index in [2.05, 4.69) is 4.98 Å². The Morgan fingerprint density at radius 1 is 1.27 bits per heavy atom. The van der Waals surface area contributed by atoms with Crippen LogP contribution in [0, 0.1) is 5.82 Å². The quantitative estimate of drug-likeness (QED) is 0.813. The third kappa shape index (κ3) is 2.31. The number of phenols is 1. The first-order valence-electron chi connectivity index (χ1n) is 4.62. The van der Waals surface area contributed by atoms with Gasteiger partial charge in [-0.25, -0.2) is 4.39 Å². The third-order valence-electron chi connectivity index (χ3n) is 2.16. The Bertz CT molecular complexity index is 456. The van der Waals surface area contributed by atoms with E-state index >= 15 is 0 Å². The molecule has 0 radical (unpaired) electrons. The van der Waals surface area contributed by atoms with Gasteiger partial charge in [-0.3, -0.25) is 4.98 Å². The number of aromatic hydroxyl groups is 1. The van der Waals surface area contributed by atoms with Crippen molar-refractivity contribution in [3.05, 3.63) is 59.7 Å². The van der Waals surface area contributed by atoms with Gasteiger partial charge in [-0.2, -0.15) is 0 Å². The van der Waals surface area contributed by atoms with Crippen molar-refractivity contribution >= 4 is 0 Å². The van der Waals surface area contributed by atoms with Gasteiger partial charge in [-0.05, 0) is 29.8 Å². The summed E-state index contributed by atoms with van der Waals surface area (Å²) in [6.07, 6.45) is 3.86. The van der Waals surface area contributed by atoms with Crippen LogP contribution >= 0.6 is 0 Å². The van der Waals surface area contributed by atoms with Crippen LogP contribution in [0.15, 0.2) is 42.7 Å². The molecule has 0 saturated heterocycles. The Balaban J connectivity index is 2.28. The molecule has 1 heterocycles. The fourth-order valence-corrected chi connectivity index (χ4v) is 1.42. The maximum atomic E-state index is 12.9. The minimum atomic E-state index is -0.341. The molecule has 0 spiro atoms. The molecule has 15 heavy (non-hydrogen) atoms. The van der Waals surface area contributed by atoms with Crippen molar-refractivity contribution in [3.8, 4) is 5.75 Å². The molecule has 1 aromatic heterocycles. The summed E-state index contributed by atoms with van der Waals surface area (Å²) >= 11 is 0. The second-order valence-corrected chi connectivity index (χ2v) is 3.31. The Labute approximate surface area is 87.0 Å². The lowest BCUT2D eigenvalue weighted by Crippen LogP contribution is -1.90. The standard InChI is InChI=1S/C12H10FNO/c13-11-3-4-12(15)10(7-11)6-9-2-1-5-14-8-9/h1-5,7-8,15H,6H2. The fraction of sp³-hybridized carbons (Fsp3) is 0.0833. The van der Waals surface area contributed by atoms with E-state index in [1.54, 1.807) is 12.4 Å². The van der Waals surface area contributed by atoms with E-state index in [4.69, 9.17) is 0 Å². The molecule has 2 rings (SSSR count). The highest BCUT2D eigenvalue weighted by molar-refractivity contribution is 5.36. The summed E-state index contributed by atoms with van der Waals surface area (Å²) < 4.78 is 12.9. The normalized spacial score (nSPS) is 10.2. The Morgan fingerprint density at radius 2 is 2.13 bits per heavy atom. The average molecular weight is 203 g/mol. The van der Waals surface area contributed by atoms with Gasteiger partial charge in [-0.15, -0.1) is 0 Å². The molecule has 2 nitrogen and oxygen atoms in total. The summed E-state index contributed by atoms with van der Waals surface area (Å²) in [5, 5.41) is 9.51. The molecule has 0 unspecified atom stereocenters. The number of rotatable bonds is 2. The molecule has 0 aliphatic carbocycles. The lowest BCUT2D eigenvalue weighted by atomic mass is 10.1. The zero-order valence-electron chi connectivity index (χ0n) is 8.02. The molecule has 0 atom stereocenters. The Kier molecular flexibility index (Phi) is 2.63. The summed E-state index contributed by atoms with van der Waals surface area (Å²) in [5.41, 5.74) is 1.52. The molecule has 0 amide bonds.